The molecule has 1 fully saturated rings. The van der Waals surface area contributed by atoms with E-state index in [-0.39, 0.29) is 0 Å². The third kappa shape index (κ3) is 2.68. The van der Waals surface area contributed by atoms with Crippen LogP contribution in [-0.2, 0) is 6.54 Å². The van der Waals surface area contributed by atoms with Gasteiger partial charge >= 0.3 is 0 Å². The lowest BCUT2D eigenvalue weighted by molar-refractivity contribution is 0.687. The van der Waals surface area contributed by atoms with E-state index in [1.54, 1.807) is 0 Å². The van der Waals surface area contributed by atoms with Gasteiger partial charge in [-0.25, -0.2) is 4.68 Å². The molecule has 17 heavy (non-hydrogen) atoms. The highest BCUT2D eigenvalue weighted by molar-refractivity contribution is 6.30. The molecule has 0 unspecified atom stereocenters. The second-order valence-corrected chi connectivity index (χ2v) is 4.86. The minimum atomic E-state index is 0.726. The SMILES string of the molecule is Clc1cccc(-n2cc(CNC3CC3)cn2)c1. The smallest absolute Gasteiger partial charge is 0.0660 e. The van der Waals surface area contributed by atoms with Gasteiger partial charge in [0.15, 0.2) is 0 Å². The number of rotatable bonds is 4. The van der Waals surface area contributed by atoms with E-state index in [1.807, 2.05) is 41.3 Å². The maximum absolute atomic E-state index is 5.96. The number of nitrogens with zero attached hydrogens (tertiary/aromatic N) is 2. The average molecular weight is 248 g/mol. The molecule has 1 aliphatic carbocycles. The highest BCUT2D eigenvalue weighted by Crippen LogP contribution is 2.19. The molecule has 0 radical (unpaired) electrons. The molecule has 1 aliphatic rings. The van der Waals surface area contributed by atoms with Gasteiger partial charge in [-0.1, -0.05) is 17.7 Å². The summed E-state index contributed by atoms with van der Waals surface area (Å²) >= 11 is 5.96. The Kier molecular flexibility index (Phi) is 2.87. The molecule has 0 atom stereocenters. The van der Waals surface area contributed by atoms with Gasteiger partial charge in [0.05, 0.1) is 11.9 Å². The van der Waals surface area contributed by atoms with Crippen molar-refractivity contribution in [3.05, 3.63) is 47.2 Å². The van der Waals surface area contributed by atoms with Gasteiger partial charge in [-0.2, -0.15) is 5.10 Å². The van der Waals surface area contributed by atoms with Crippen molar-refractivity contribution < 1.29 is 0 Å². The molecule has 0 aliphatic heterocycles. The van der Waals surface area contributed by atoms with Crippen LogP contribution in [0.15, 0.2) is 36.7 Å². The lowest BCUT2D eigenvalue weighted by Gasteiger charge is -2.01. The van der Waals surface area contributed by atoms with E-state index in [9.17, 15) is 0 Å². The molecule has 0 amide bonds. The number of hydrogen-bond donors (Lipinski definition) is 1. The number of halogens is 1. The van der Waals surface area contributed by atoms with Crippen LogP contribution in [0.3, 0.4) is 0 Å². The first-order valence-electron chi connectivity index (χ1n) is 5.84. The fourth-order valence-corrected chi connectivity index (χ4v) is 1.95. The van der Waals surface area contributed by atoms with Crippen molar-refractivity contribution >= 4 is 11.6 Å². The van der Waals surface area contributed by atoms with Crippen molar-refractivity contribution in [1.82, 2.24) is 15.1 Å². The van der Waals surface area contributed by atoms with Crippen LogP contribution >= 0.6 is 11.6 Å². The first-order valence-corrected chi connectivity index (χ1v) is 6.22. The van der Waals surface area contributed by atoms with Crippen molar-refractivity contribution in [1.29, 1.82) is 0 Å². The summed E-state index contributed by atoms with van der Waals surface area (Å²) in [6, 6.07) is 8.43. The highest BCUT2D eigenvalue weighted by Gasteiger charge is 2.20. The summed E-state index contributed by atoms with van der Waals surface area (Å²) in [6.07, 6.45) is 6.56. The Labute approximate surface area is 105 Å². The third-order valence-corrected chi connectivity index (χ3v) is 3.12. The van der Waals surface area contributed by atoms with Gasteiger partial charge in [0.25, 0.3) is 0 Å². The Bertz CT molecular complexity index is 517. The number of benzene rings is 1. The van der Waals surface area contributed by atoms with Gasteiger partial charge in [-0.3, -0.25) is 0 Å². The summed E-state index contributed by atoms with van der Waals surface area (Å²) < 4.78 is 1.86. The Hall–Kier alpha value is -1.32. The summed E-state index contributed by atoms with van der Waals surface area (Å²) in [5, 5.41) is 8.55. The Morgan fingerprint density at radius 1 is 1.41 bits per heavy atom. The summed E-state index contributed by atoms with van der Waals surface area (Å²) in [5.41, 5.74) is 2.20. The summed E-state index contributed by atoms with van der Waals surface area (Å²) in [4.78, 5) is 0. The van der Waals surface area contributed by atoms with Crippen LogP contribution in [0, 0.1) is 0 Å². The molecule has 4 heteroatoms. The van der Waals surface area contributed by atoms with Crippen LogP contribution in [-0.4, -0.2) is 15.8 Å². The van der Waals surface area contributed by atoms with E-state index >= 15 is 0 Å². The first-order chi connectivity index (χ1) is 8.31. The van der Waals surface area contributed by atoms with Gasteiger partial charge < -0.3 is 5.32 Å². The van der Waals surface area contributed by atoms with E-state index in [1.165, 1.54) is 18.4 Å². The second kappa shape index (κ2) is 4.51. The molecule has 3 rings (SSSR count). The molecular formula is C13H14ClN3. The molecule has 3 nitrogen and oxygen atoms in total. The Morgan fingerprint density at radius 3 is 3.06 bits per heavy atom. The zero-order chi connectivity index (χ0) is 11.7. The lowest BCUT2D eigenvalue weighted by Crippen LogP contribution is -2.14. The maximum Gasteiger partial charge on any atom is 0.0660 e. The van der Waals surface area contributed by atoms with Crippen molar-refractivity contribution in [2.24, 2.45) is 0 Å². The van der Waals surface area contributed by atoms with Crippen LogP contribution in [0.2, 0.25) is 5.02 Å². The van der Waals surface area contributed by atoms with Crippen LogP contribution in [0.25, 0.3) is 5.69 Å². The standard InChI is InChI=1S/C13H14ClN3/c14-11-2-1-3-13(6-11)17-9-10(8-16-17)7-15-12-4-5-12/h1-3,6,8-9,12,15H,4-5,7H2. The summed E-state index contributed by atoms with van der Waals surface area (Å²) in [7, 11) is 0. The largest absolute Gasteiger partial charge is 0.310 e. The minimum Gasteiger partial charge on any atom is -0.310 e. The maximum atomic E-state index is 5.96. The van der Waals surface area contributed by atoms with Crippen molar-refractivity contribution in [2.75, 3.05) is 0 Å². The molecule has 1 saturated carbocycles. The van der Waals surface area contributed by atoms with Crippen molar-refractivity contribution in [2.45, 2.75) is 25.4 Å². The van der Waals surface area contributed by atoms with Gasteiger partial charge in [-0.15, -0.1) is 0 Å². The fraction of sp³-hybridized carbons (Fsp3) is 0.308. The minimum absolute atomic E-state index is 0.726. The van der Waals surface area contributed by atoms with Crippen molar-refractivity contribution in [3.8, 4) is 5.69 Å². The highest BCUT2D eigenvalue weighted by atomic mass is 35.5. The summed E-state index contributed by atoms with van der Waals surface area (Å²) in [5.74, 6) is 0. The lowest BCUT2D eigenvalue weighted by atomic mass is 10.3. The topological polar surface area (TPSA) is 29.9 Å². The van der Waals surface area contributed by atoms with Crippen LogP contribution in [0.4, 0.5) is 0 Å². The number of nitrogens with one attached hydrogen (secondary N) is 1. The number of hydrogen-bond acceptors (Lipinski definition) is 2. The Morgan fingerprint density at radius 2 is 2.29 bits per heavy atom. The van der Waals surface area contributed by atoms with Gasteiger partial charge in [0, 0.05) is 29.4 Å². The zero-order valence-electron chi connectivity index (χ0n) is 9.44. The molecule has 0 saturated heterocycles. The molecular weight excluding hydrogens is 234 g/mol. The Balaban J connectivity index is 1.74. The predicted molar refractivity (Wildman–Crippen MR) is 68.4 cm³/mol. The van der Waals surface area contributed by atoms with E-state index in [4.69, 9.17) is 11.6 Å². The zero-order valence-corrected chi connectivity index (χ0v) is 10.2. The normalized spacial score (nSPS) is 15.1. The van der Waals surface area contributed by atoms with Gasteiger partial charge in [0.1, 0.15) is 0 Å². The molecule has 1 aromatic carbocycles. The van der Waals surface area contributed by atoms with Crippen LogP contribution in [0.5, 0.6) is 0 Å². The van der Waals surface area contributed by atoms with Crippen molar-refractivity contribution in [3.63, 3.8) is 0 Å². The molecule has 88 valence electrons. The molecule has 1 heterocycles. The van der Waals surface area contributed by atoms with E-state index in [0.29, 0.717) is 0 Å². The molecule has 1 aromatic heterocycles. The third-order valence-electron chi connectivity index (χ3n) is 2.88. The molecule has 0 bridgehead atoms. The molecule has 1 N–H and O–H groups in total. The predicted octanol–water partition coefficient (Wildman–Crippen LogP) is 2.78. The van der Waals surface area contributed by atoms with E-state index < -0.39 is 0 Å². The van der Waals surface area contributed by atoms with Gasteiger partial charge in [0.2, 0.25) is 0 Å². The average Bonchev–Trinajstić information content (AvgIpc) is 3.04. The quantitative estimate of drug-likeness (QED) is 0.901. The first kappa shape index (κ1) is 10.8. The monoisotopic (exact) mass is 247 g/mol. The fourth-order valence-electron chi connectivity index (χ4n) is 1.76. The van der Waals surface area contributed by atoms with Crippen LogP contribution < -0.4 is 5.32 Å². The second-order valence-electron chi connectivity index (χ2n) is 4.43. The van der Waals surface area contributed by atoms with Gasteiger partial charge in [-0.05, 0) is 31.0 Å². The molecule has 0 spiro atoms. The van der Waals surface area contributed by atoms with E-state index in [0.717, 1.165) is 23.3 Å². The molecule has 2 aromatic rings. The van der Waals surface area contributed by atoms with Crippen LogP contribution in [0.1, 0.15) is 18.4 Å². The number of aromatic nitrogens is 2. The van der Waals surface area contributed by atoms with E-state index in [2.05, 4.69) is 10.4 Å². The summed E-state index contributed by atoms with van der Waals surface area (Å²) in [6.45, 7) is 0.894.